The first-order chi connectivity index (χ1) is 9.15. The van der Waals surface area contributed by atoms with E-state index in [-0.39, 0.29) is 0 Å². The summed E-state index contributed by atoms with van der Waals surface area (Å²) in [4.78, 5) is 13.3. The van der Waals surface area contributed by atoms with Crippen LogP contribution < -0.4 is 15.4 Å². The van der Waals surface area contributed by atoms with Gasteiger partial charge in [-0.25, -0.2) is 0 Å². The first-order valence-corrected chi connectivity index (χ1v) is 6.02. The van der Waals surface area contributed by atoms with E-state index < -0.39 is 0 Å². The van der Waals surface area contributed by atoms with Gasteiger partial charge in [0.2, 0.25) is 5.82 Å². The Labute approximate surface area is 110 Å². The zero-order valence-corrected chi connectivity index (χ0v) is 11.1. The van der Waals surface area contributed by atoms with E-state index in [0.29, 0.717) is 5.62 Å². The van der Waals surface area contributed by atoms with E-state index in [2.05, 4.69) is 20.1 Å². The number of fused-ring (bicyclic) bond motifs is 1. The van der Waals surface area contributed by atoms with Crippen LogP contribution in [0.4, 0.5) is 5.69 Å². The standard InChI is InChI=1S/C13H14N6/c1-9-14-10(2)19-12(17-18(3)13(19)15-9)16-11-7-5-4-6-8-11/h4-8H,1-3H3. The van der Waals surface area contributed by atoms with Crippen molar-refractivity contribution in [2.45, 2.75) is 13.8 Å². The molecule has 0 radical (unpaired) electrons. The third kappa shape index (κ3) is 2.01. The maximum Gasteiger partial charge on any atom is 0.414 e. The predicted molar refractivity (Wildman–Crippen MR) is 68.6 cm³/mol. The third-order valence-electron chi connectivity index (χ3n) is 2.82. The van der Waals surface area contributed by atoms with Crippen LogP contribution in [0, 0.1) is 13.8 Å². The van der Waals surface area contributed by atoms with Gasteiger partial charge in [0.05, 0.1) is 7.05 Å². The number of hydrogen-bond acceptors (Lipinski definition) is 3. The molecule has 0 saturated carbocycles. The highest BCUT2D eigenvalue weighted by Crippen LogP contribution is 2.07. The van der Waals surface area contributed by atoms with Gasteiger partial charge in [0.15, 0.2) is 11.4 Å². The number of benzene rings is 1. The lowest BCUT2D eigenvalue weighted by Gasteiger charge is -1.96. The summed E-state index contributed by atoms with van der Waals surface area (Å²) in [6.45, 7) is 3.79. The van der Waals surface area contributed by atoms with Gasteiger partial charge in [0.1, 0.15) is 0 Å². The molecule has 96 valence electrons. The number of nitrogens with zero attached hydrogens (tertiary/aromatic N) is 6. The van der Waals surface area contributed by atoms with Crippen molar-refractivity contribution in [2.24, 2.45) is 12.0 Å². The molecule has 1 aromatic carbocycles. The summed E-state index contributed by atoms with van der Waals surface area (Å²) in [5, 5.41) is 4.40. The van der Waals surface area contributed by atoms with Crippen molar-refractivity contribution in [1.82, 2.24) is 19.5 Å². The SMILES string of the molecule is Cc1nc(C)n2c(=Nc3ccccc3)[n-][n+](C)c2n1. The summed E-state index contributed by atoms with van der Waals surface area (Å²) >= 11 is 0. The third-order valence-corrected chi connectivity index (χ3v) is 2.82. The number of para-hydroxylation sites is 1. The predicted octanol–water partition coefficient (Wildman–Crippen LogP) is 0.360. The van der Waals surface area contributed by atoms with Crippen LogP contribution in [0.25, 0.3) is 5.78 Å². The second-order valence-corrected chi connectivity index (χ2v) is 4.32. The van der Waals surface area contributed by atoms with Gasteiger partial charge in [-0.2, -0.15) is 19.2 Å². The van der Waals surface area contributed by atoms with Crippen molar-refractivity contribution in [3.8, 4) is 0 Å². The first kappa shape index (κ1) is 11.6. The molecule has 0 unspecified atom stereocenters. The minimum atomic E-state index is 0.584. The second-order valence-electron chi connectivity index (χ2n) is 4.32. The van der Waals surface area contributed by atoms with Gasteiger partial charge in [-0.3, -0.25) is 0 Å². The Morgan fingerprint density at radius 1 is 1.16 bits per heavy atom. The highest BCUT2D eigenvalue weighted by Gasteiger charge is 2.13. The minimum absolute atomic E-state index is 0.584. The molecule has 0 amide bonds. The van der Waals surface area contributed by atoms with Crippen molar-refractivity contribution in [3.05, 3.63) is 47.6 Å². The summed E-state index contributed by atoms with van der Waals surface area (Å²) in [5.74, 6) is 2.29. The van der Waals surface area contributed by atoms with Crippen LogP contribution in [-0.4, -0.2) is 14.4 Å². The van der Waals surface area contributed by atoms with Crippen LogP contribution in [0.1, 0.15) is 11.6 Å². The van der Waals surface area contributed by atoms with Gasteiger partial charge >= 0.3 is 5.78 Å². The van der Waals surface area contributed by atoms with Gasteiger partial charge in [-0.15, -0.1) is 0 Å². The fraction of sp³-hybridized carbons (Fsp3) is 0.231. The number of rotatable bonds is 1. The average Bonchev–Trinajstić information content (AvgIpc) is 2.67. The molecule has 0 aliphatic rings. The Kier molecular flexibility index (Phi) is 2.63. The van der Waals surface area contributed by atoms with Crippen molar-refractivity contribution >= 4 is 11.5 Å². The molecule has 2 heterocycles. The fourth-order valence-corrected chi connectivity index (χ4v) is 2.01. The maximum atomic E-state index is 4.53. The van der Waals surface area contributed by atoms with Crippen LogP contribution in [0.5, 0.6) is 0 Å². The number of aromatic nitrogens is 5. The molecule has 0 bridgehead atoms. The van der Waals surface area contributed by atoms with E-state index in [1.807, 2.05) is 55.6 Å². The Morgan fingerprint density at radius 3 is 2.63 bits per heavy atom. The van der Waals surface area contributed by atoms with Gasteiger partial charge in [0, 0.05) is 13.8 Å². The summed E-state index contributed by atoms with van der Waals surface area (Å²) in [5.41, 5.74) is 1.44. The minimum Gasteiger partial charge on any atom is -0.330 e. The topological polar surface area (TPSA) is 60.5 Å². The highest BCUT2D eigenvalue weighted by atomic mass is 15.4. The molecule has 19 heavy (non-hydrogen) atoms. The van der Waals surface area contributed by atoms with E-state index >= 15 is 0 Å². The largest absolute Gasteiger partial charge is 0.414 e. The average molecular weight is 254 g/mol. The molecule has 0 fully saturated rings. The van der Waals surface area contributed by atoms with Crippen molar-refractivity contribution < 1.29 is 4.68 Å². The second kappa shape index (κ2) is 4.31. The van der Waals surface area contributed by atoms with Crippen LogP contribution in [0.15, 0.2) is 35.3 Å². The number of hydrogen-bond donors (Lipinski definition) is 0. The molecule has 0 aliphatic heterocycles. The van der Waals surface area contributed by atoms with Crippen LogP contribution in [-0.2, 0) is 7.05 Å². The highest BCUT2D eigenvalue weighted by molar-refractivity contribution is 5.35. The molecule has 2 aromatic heterocycles. The molecule has 6 nitrogen and oxygen atoms in total. The van der Waals surface area contributed by atoms with Gasteiger partial charge in [0.25, 0.3) is 0 Å². The Balaban J connectivity index is 2.34. The lowest BCUT2D eigenvalue weighted by atomic mass is 10.3. The zero-order valence-electron chi connectivity index (χ0n) is 11.1. The molecule has 0 aliphatic carbocycles. The molecular weight excluding hydrogens is 240 g/mol. The van der Waals surface area contributed by atoms with Crippen LogP contribution >= 0.6 is 0 Å². The van der Waals surface area contributed by atoms with E-state index in [1.54, 1.807) is 4.68 Å². The van der Waals surface area contributed by atoms with Crippen molar-refractivity contribution in [2.75, 3.05) is 0 Å². The summed E-state index contributed by atoms with van der Waals surface area (Å²) < 4.78 is 3.56. The normalized spacial score (nSPS) is 12.3. The summed E-state index contributed by atoms with van der Waals surface area (Å²) in [6, 6.07) is 9.72. The lowest BCUT2D eigenvalue weighted by Crippen LogP contribution is -2.36. The van der Waals surface area contributed by atoms with E-state index in [1.165, 1.54) is 0 Å². The molecule has 0 spiro atoms. The lowest BCUT2D eigenvalue weighted by molar-refractivity contribution is -0.711. The number of aryl methyl sites for hydroxylation is 3. The quantitative estimate of drug-likeness (QED) is 0.589. The van der Waals surface area contributed by atoms with E-state index in [4.69, 9.17) is 0 Å². The van der Waals surface area contributed by atoms with E-state index in [9.17, 15) is 0 Å². The molecule has 3 rings (SSSR count). The fourth-order valence-electron chi connectivity index (χ4n) is 2.01. The Hall–Kier alpha value is -2.50. The Morgan fingerprint density at radius 2 is 1.89 bits per heavy atom. The van der Waals surface area contributed by atoms with Crippen molar-refractivity contribution in [3.63, 3.8) is 0 Å². The summed E-state index contributed by atoms with van der Waals surface area (Å²) in [6.07, 6.45) is 0. The molecule has 6 heteroatoms. The van der Waals surface area contributed by atoms with Crippen LogP contribution in [0.3, 0.4) is 0 Å². The van der Waals surface area contributed by atoms with Gasteiger partial charge in [-0.05, 0) is 5.69 Å². The molecular formula is C13H14N6. The molecule has 0 N–H and O–H groups in total. The molecule has 3 aromatic rings. The zero-order chi connectivity index (χ0) is 13.4. The summed E-state index contributed by atoms with van der Waals surface area (Å²) in [7, 11) is 1.85. The van der Waals surface area contributed by atoms with Crippen molar-refractivity contribution in [1.29, 1.82) is 0 Å². The maximum absolute atomic E-state index is 4.53. The monoisotopic (exact) mass is 254 g/mol. The van der Waals surface area contributed by atoms with Gasteiger partial charge in [-0.1, -0.05) is 35.3 Å². The van der Waals surface area contributed by atoms with E-state index in [0.717, 1.165) is 23.1 Å². The smallest absolute Gasteiger partial charge is 0.330 e. The van der Waals surface area contributed by atoms with Gasteiger partial charge < -0.3 is 4.99 Å². The molecule has 0 atom stereocenters. The first-order valence-electron chi connectivity index (χ1n) is 6.02. The van der Waals surface area contributed by atoms with Crippen LogP contribution in [0.2, 0.25) is 0 Å². The molecule has 0 saturated heterocycles. The Bertz CT molecular complexity index is 797.